The molecule has 2 unspecified atom stereocenters. The lowest BCUT2D eigenvalue weighted by molar-refractivity contribution is -0.198. The summed E-state index contributed by atoms with van der Waals surface area (Å²) in [4.78, 5) is 18.2. The number of halogens is 8. The maximum atomic E-state index is 16.0. The molecule has 0 amide bonds. The van der Waals surface area contributed by atoms with E-state index in [0.717, 1.165) is 24.6 Å². The van der Waals surface area contributed by atoms with Gasteiger partial charge in [-0.05, 0) is 70.1 Å². The average Bonchev–Trinajstić information content (AvgIpc) is 3.20. The molecule has 2 aliphatic rings. The second-order valence-corrected chi connectivity index (χ2v) is 13.1. The maximum Gasteiger partial charge on any atom is 0.404 e. The number of aliphatic imine (C=N–C) groups is 1. The molecule has 1 fully saturated rings. The second-order valence-electron chi connectivity index (χ2n) is 11.0. The molecule has 0 saturated heterocycles. The Balaban J connectivity index is 2.24. The van der Waals surface area contributed by atoms with Crippen LogP contribution in [0.25, 0.3) is 0 Å². The fourth-order valence-electron chi connectivity index (χ4n) is 6.68. The van der Waals surface area contributed by atoms with Gasteiger partial charge in [-0.2, -0.15) is 13.2 Å². The van der Waals surface area contributed by atoms with E-state index in [0.29, 0.717) is 25.7 Å². The quantitative estimate of drug-likeness (QED) is 0.254. The van der Waals surface area contributed by atoms with Crippen molar-refractivity contribution in [2.24, 2.45) is 22.2 Å². The molecule has 3 nitrogen and oxygen atoms in total. The first-order chi connectivity index (χ1) is 18.0. The molecular weight excluding hydrogens is 645 g/mol. The largest absolute Gasteiger partial charge is 0.481 e. The monoisotopic (exact) mass is 669 g/mol. The maximum absolute atomic E-state index is 16.0. The number of carboxylic acids is 1. The molecule has 11 heteroatoms. The predicted octanol–water partition coefficient (Wildman–Crippen LogP) is 10.0. The highest BCUT2D eigenvalue weighted by Crippen LogP contribution is 2.65. The van der Waals surface area contributed by atoms with Crippen molar-refractivity contribution in [3.63, 3.8) is 0 Å². The van der Waals surface area contributed by atoms with E-state index < -0.39 is 51.7 Å². The number of rotatable bonds is 5. The van der Waals surface area contributed by atoms with Crippen molar-refractivity contribution in [1.29, 1.82) is 0 Å². The number of hydrogen-bond donors (Lipinski definition) is 1. The van der Waals surface area contributed by atoms with E-state index in [9.17, 15) is 14.3 Å². The van der Waals surface area contributed by atoms with Gasteiger partial charge in [0.2, 0.25) is 0 Å². The molecule has 1 N–H and O–H groups in total. The number of benzene rings is 2. The summed E-state index contributed by atoms with van der Waals surface area (Å²) in [6.07, 6.45) is -2.16. The Morgan fingerprint density at radius 1 is 1.05 bits per heavy atom. The van der Waals surface area contributed by atoms with Gasteiger partial charge in [-0.15, -0.1) is 0 Å². The number of alkyl halides is 3. The van der Waals surface area contributed by atoms with Crippen LogP contribution >= 0.6 is 50.7 Å². The van der Waals surface area contributed by atoms with E-state index in [-0.39, 0.29) is 30.8 Å². The van der Waals surface area contributed by atoms with Gasteiger partial charge in [0.25, 0.3) is 0 Å². The van der Waals surface area contributed by atoms with Gasteiger partial charge in [0.1, 0.15) is 22.7 Å². The van der Waals surface area contributed by atoms with Crippen molar-refractivity contribution in [2.75, 3.05) is 0 Å². The van der Waals surface area contributed by atoms with Gasteiger partial charge < -0.3 is 5.11 Å². The molecule has 1 aliphatic heterocycles. The third-order valence-corrected chi connectivity index (χ3v) is 10.3. The highest BCUT2D eigenvalue weighted by Gasteiger charge is 2.77. The van der Waals surface area contributed by atoms with Crippen LogP contribution in [0.1, 0.15) is 64.0 Å². The van der Waals surface area contributed by atoms with Crippen LogP contribution in [0.15, 0.2) is 39.8 Å². The zero-order chi connectivity index (χ0) is 29.1. The van der Waals surface area contributed by atoms with Gasteiger partial charge >= 0.3 is 12.1 Å². The first kappa shape index (κ1) is 30.6. The summed E-state index contributed by atoms with van der Waals surface area (Å²) in [5.41, 5.74) is -6.63. The minimum atomic E-state index is -5.14. The van der Waals surface area contributed by atoms with Gasteiger partial charge in [0.05, 0.1) is 19.5 Å². The van der Waals surface area contributed by atoms with E-state index in [1.54, 1.807) is 20.8 Å². The van der Waals surface area contributed by atoms with Crippen LogP contribution in [0.2, 0.25) is 15.1 Å². The Morgan fingerprint density at radius 2 is 1.62 bits per heavy atom. The van der Waals surface area contributed by atoms with Crippen LogP contribution in [0.4, 0.5) is 17.6 Å². The molecule has 0 radical (unpaired) electrons. The van der Waals surface area contributed by atoms with Crippen LogP contribution < -0.4 is 0 Å². The van der Waals surface area contributed by atoms with Gasteiger partial charge in [0.15, 0.2) is 0 Å². The average molecular weight is 672 g/mol. The third kappa shape index (κ3) is 4.61. The minimum Gasteiger partial charge on any atom is -0.481 e. The molecule has 212 valence electrons. The Kier molecular flexibility index (Phi) is 8.23. The zero-order valence-electron chi connectivity index (χ0n) is 21.4. The van der Waals surface area contributed by atoms with Crippen LogP contribution in [0, 0.1) is 23.1 Å². The van der Waals surface area contributed by atoms with Crippen LogP contribution in [-0.2, 0) is 15.7 Å². The lowest BCUT2D eigenvalue weighted by Gasteiger charge is -2.47. The molecular formula is C28H27BrCl3F4NO2. The van der Waals surface area contributed by atoms with Gasteiger partial charge in [-0.1, -0.05) is 80.9 Å². The summed E-state index contributed by atoms with van der Waals surface area (Å²) in [6.45, 7) is 4.98. The number of nitrogens with zero attached hydrogens (tertiary/aromatic N) is 1. The van der Waals surface area contributed by atoms with Crippen molar-refractivity contribution < 1.29 is 27.5 Å². The lowest BCUT2D eigenvalue weighted by atomic mass is 9.54. The fourth-order valence-corrected chi connectivity index (χ4v) is 7.65. The molecule has 3 atom stereocenters. The van der Waals surface area contributed by atoms with E-state index in [1.807, 2.05) is 0 Å². The molecule has 1 heterocycles. The number of hydrogen-bond acceptors (Lipinski definition) is 2. The van der Waals surface area contributed by atoms with Crippen LogP contribution in [0.5, 0.6) is 0 Å². The van der Waals surface area contributed by atoms with Gasteiger partial charge in [-0.3, -0.25) is 9.79 Å². The summed E-state index contributed by atoms with van der Waals surface area (Å²) in [6, 6.07) is 5.85. The Labute approximate surface area is 248 Å². The van der Waals surface area contributed by atoms with Crippen molar-refractivity contribution in [3.8, 4) is 0 Å². The summed E-state index contributed by atoms with van der Waals surface area (Å²) < 4.78 is 62.3. The Morgan fingerprint density at radius 3 is 2.08 bits per heavy atom. The normalized spacial score (nSPS) is 27.1. The number of aliphatic carboxylic acids is 1. The van der Waals surface area contributed by atoms with E-state index in [1.165, 1.54) is 12.1 Å². The van der Waals surface area contributed by atoms with E-state index in [4.69, 9.17) is 39.8 Å². The van der Waals surface area contributed by atoms with E-state index >= 15 is 13.2 Å². The van der Waals surface area contributed by atoms with E-state index in [2.05, 4.69) is 15.9 Å². The summed E-state index contributed by atoms with van der Waals surface area (Å²) >= 11 is 21.8. The lowest BCUT2D eigenvalue weighted by Crippen LogP contribution is -2.61. The zero-order valence-corrected chi connectivity index (χ0v) is 25.3. The van der Waals surface area contributed by atoms with Crippen LogP contribution in [-0.4, -0.2) is 23.0 Å². The molecule has 2 aromatic carbocycles. The molecule has 1 aliphatic carbocycles. The van der Waals surface area contributed by atoms with Gasteiger partial charge in [0, 0.05) is 11.1 Å². The van der Waals surface area contributed by atoms with Crippen molar-refractivity contribution >= 4 is 62.4 Å². The SMILES string of the molecule is CC(C)[C@]1(c2ccc(F)c(Br)c2)N=C(C2(C)CCCCC2)C(c2cc(Cl)c(Cl)c(Cl)c2)(C(F)(F)F)C1C(=O)O. The smallest absolute Gasteiger partial charge is 0.404 e. The topological polar surface area (TPSA) is 49.7 Å². The molecule has 39 heavy (non-hydrogen) atoms. The molecule has 1 saturated carbocycles. The highest BCUT2D eigenvalue weighted by molar-refractivity contribution is 9.10. The molecule has 2 aromatic rings. The van der Waals surface area contributed by atoms with Crippen LogP contribution in [0.3, 0.4) is 0 Å². The molecule has 0 bridgehead atoms. The molecule has 4 rings (SSSR count). The first-order valence-corrected chi connectivity index (χ1v) is 14.5. The van der Waals surface area contributed by atoms with Crippen molar-refractivity contribution in [1.82, 2.24) is 0 Å². The minimum absolute atomic E-state index is 0.00752. The highest BCUT2D eigenvalue weighted by atomic mass is 79.9. The predicted molar refractivity (Wildman–Crippen MR) is 150 cm³/mol. The third-order valence-electron chi connectivity index (χ3n) is 8.47. The molecule has 0 aromatic heterocycles. The summed E-state index contributed by atoms with van der Waals surface area (Å²) in [7, 11) is 0. The standard InChI is InChI=1S/C28H27BrCl3F4NO2/c1-14(2)27(15-7-8-20(33)17(29)11-15)22(23(38)39)26(28(34,35)36,16-12-18(30)21(32)19(31)13-16)24(37-27)25(3)9-5-4-6-10-25/h7-8,11-14,22H,4-6,9-10H2,1-3H3,(H,38,39)/t22?,26?,27-/m1/s1. The van der Waals surface area contributed by atoms with Crippen molar-refractivity contribution in [3.05, 3.63) is 66.8 Å². The van der Waals surface area contributed by atoms with Crippen molar-refractivity contribution in [2.45, 2.75) is 70.0 Å². The Bertz CT molecular complexity index is 1320. The summed E-state index contributed by atoms with van der Waals surface area (Å²) in [5, 5.41) is 10.2. The Hall–Kier alpha value is -1.35. The molecule has 0 spiro atoms. The number of carboxylic acid groups (broad SMARTS) is 1. The second kappa shape index (κ2) is 10.5. The first-order valence-electron chi connectivity index (χ1n) is 12.5. The van der Waals surface area contributed by atoms with Gasteiger partial charge in [-0.25, -0.2) is 4.39 Å². The summed E-state index contributed by atoms with van der Waals surface area (Å²) in [5.74, 6) is -5.23. The fraction of sp³-hybridized carbons (Fsp3) is 0.500. The number of carbonyl (C=O) groups is 1.